The highest BCUT2D eigenvalue weighted by atomic mass is 32.1. The van der Waals surface area contributed by atoms with Gasteiger partial charge in [0.2, 0.25) is 4.77 Å². The standard InChI is InChI=1S/C8H7N3OS/c13-8-9-7(10-11-8)4-3-6-2-1-5-12-6/h1-5H,(H2,9,10,11,13). The van der Waals surface area contributed by atoms with E-state index in [9.17, 15) is 0 Å². The lowest BCUT2D eigenvalue weighted by molar-refractivity contribution is 0.557. The van der Waals surface area contributed by atoms with Crippen LogP contribution in [0.5, 0.6) is 0 Å². The number of nitrogens with zero attached hydrogens (tertiary/aromatic N) is 1. The van der Waals surface area contributed by atoms with Crippen molar-refractivity contribution < 1.29 is 4.42 Å². The van der Waals surface area contributed by atoms with Crippen molar-refractivity contribution in [1.29, 1.82) is 0 Å². The summed E-state index contributed by atoms with van der Waals surface area (Å²) in [5.74, 6) is 1.46. The van der Waals surface area contributed by atoms with Crippen molar-refractivity contribution in [1.82, 2.24) is 15.2 Å². The highest BCUT2D eigenvalue weighted by Gasteiger charge is 1.90. The minimum atomic E-state index is 0.444. The Labute approximate surface area is 79.3 Å². The van der Waals surface area contributed by atoms with Crippen LogP contribution in [0, 0.1) is 4.77 Å². The molecule has 0 aliphatic heterocycles. The molecule has 0 spiro atoms. The summed E-state index contributed by atoms with van der Waals surface area (Å²) in [4.78, 5) is 3.99. The number of H-pyrrole nitrogens is 2. The molecule has 4 nitrogen and oxygen atoms in total. The van der Waals surface area contributed by atoms with Crippen molar-refractivity contribution >= 4 is 24.4 Å². The molecule has 0 saturated carbocycles. The largest absolute Gasteiger partial charge is 0.465 e. The summed E-state index contributed by atoms with van der Waals surface area (Å²) in [7, 11) is 0. The number of rotatable bonds is 2. The van der Waals surface area contributed by atoms with Gasteiger partial charge in [-0.15, -0.1) is 0 Å². The second-order valence-corrected chi connectivity index (χ2v) is 2.79. The number of aromatic amines is 2. The Morgan fingerprint density at radius 2 is 2.31 bits per heavy atom. The number of furan rings is 1. The van der Waals surface area contributed by atoms with Crippen LogP contribution >= 0.6 is 12.2 Å². The molecule has 0 bridgehead atoms. The van der Waals surface area contributed by atoms with Gasteiger partial charge >= 0.3 is 0 Å². The second kappa shape index (κ2) is 3.40. The smallest absolute Gasteiger partial charge is 0.213 e. The molecule has 0 radical (unpaired) electrons. The molecule has 2 aromatic heterocycles. The monoisotopic (exact) mass is 193 g/mol. The zero-order valence-electron chi connectivity index (χ0n) is 6.65. The van der Waals surface area contributed by atoms with E-state index in [0.717, 1.165) is 5.76 Å². The predicted molar refractivity (Wildman–Crippen MR) is 51.4 cm³/mol. The fraction of sp³-hybridized carbons (Fsp3) is 0. The minimum absolute atomic E-state index is 0.444. The maximum atomic E-state index is 5.10. The lowest BCUT2D eigenvalue weighted by Gasteiger charge is -1.81. The Kier molecular flexibility index (Phi) is 2.09. The fourth-order valence-corrected chi connectivity index (χ4v) is 1.06. The molecule has 2 aromatic rings. The van der Waals surface area contributed by atoms with Gasteiger partial charge in [-0.2, -0.15) is 0 Å². The molecule has 13 heavy (non-hydrogen) atoms. The van der Waals surface area contributed by atoms with Gasteiger partial charge < -0.3 is 4.42 Å². The fourth-order valence-electron chi connectivity index (χ4n) is 0.909. The summed E-state index contributed by atoms with van der Waals surface area (Å²) < 4.78 is 5.54. The van der Waals surface area contributed by atoms with E-state index in [2.05, 4.69) is 15.2 Å². The summed E-state index contributed by atoms with van der Waals surface area (Å²) in [6.07, 6.45) is 5.21. The molecule has 0 fully saturated rings. The first-order chi connectivity index (χ1) is 6.34. The molecule has 0 saturated heterocycles. The molecular formula is C8H7N3OS. The SMILES string of the molecule is S=c1nc(C=Cc2ccco2)[nH][nH]1. The van der Waals surface area contributed by atoms with E-state index in [4.69, 9.17) is 16.6 Å². The van der Waals surface area contributed by atoms with E-state index in [1.807, 2.05) is 12.1 Å². The quantitative estimate of drug-likeness (QED) is 0.719. The zero-order valence-corrected chi connectivity index (χ0v) is 7.47. The molecule has 0 aliphatic rings. The normalized spacial score (nSPS) is 11.1. The lowest BCUT2D eigenvalue weighted by Crippen LogP contribution is -1.73. The number of nitrogens with one attached hydrogen (secondary N) is 2. The van der Waals surface area contributed by atoms with Gasteiger partial charge in [0, 0.05) is 0 Å². The van der Waals surface area contributed by atoms with E-state index < -0.39 is 0 Å². The van der Waals surface area contributed by atoms with E-state index in [1.165, 1.54) is 0 Å². The maximum Gasteiger partial charge on any atom is 0.213 e. The van der Waals surface area contributed by atoms with Gasteiger partial charge in [0.1, 0.15) is 11.6 Å². The second-order valence-electron chi connectivity index (χ2n) is 2.40. The maximum absolute atomic E-state index is 5.10. The first kappa shape index (κ1) is 8.00. The average Bonchev–Trinajstić information content (AvgIpc) is 2.71. The third-order valence-electron chi connectivity index (χ3n) is 1.47. The highest BCUT2D eigenvalue weighted by Crippen LogP contribution is 2.04. The van der Waals surface area contributed by atoms with Crippen LogP contribution in [0.1, 0.15) is 11.6 Å². The molecule has 0 amide bonds. The van der Waals surface area contributed by atoms with Crippen molar-refractivity contribution in [3.8, 4) is 0 Å². The van der Waals surface area contributed by atoms with E-state index >= 15 is 0 Å². The van der Waals surface area contributed by atoms with E-state index in [0.29, 0.717) is 10.6 Å². The molecule has 66 valence electrons. The third kappa shape index (κ3) is 1.94. The average molecular weight is 193 g/mol. The van der Waals surface area contributed by atoms with Gasteiger partial charge in [0.05, 0.1) is 6.26 Å². The topological polar surface area (TPSA) is 57.6 Å². The van der Waals surface area contributed by atoms with Gasteiger partial charge in [-0.3, -0.25) is 10.2 Å². The molecular weight excluding hydrogens is 186 g/mol. The lowest BCUT2D eigenvalue weighted by atomic mass is 10.4. The molecule has 5 heteroatoms. The Morgan fingerprint density at radius 1 is 1.38 bits per heavy atom. The van der Waals surface area contributed by atoms with Crippen LogP contribution in [-0.4, -0.2) is 15.2 Å². The van der Waals surface area contributed by atoms with Crippen LogP contribution in [0.4, 0.5) is 0 Å². The Balaban J connectivity index is 2.19. The molecule has 0 aliphatic carbocycles. The first-order valence-electron chi connectivity index (χ1n) is 3.71. The molecule has 2 rings (SSSR count). The van der Waals surface area contributed by atoms with Crippen molar-refractivity contribution in [2.45, 2.75) is 0 Å². The molecule has 2 N–H and O–H groups in total. The zero-order chi connectivity index (χ0) is 9.10. The third-order valence-corrected chi connectivity index (χ3v) is 1.66. The van der Waals surface area contributed by atoms with Gasteiger partial charge in [-0.25, -0.2) is 4.98 Å². The molecule has 0 atom stereocenters. The highest BCUT2D eigenvalue weighted by molar-refractivity contribution is 7.71. The van der Waals surface area contributed by atoms with Gasteiger partial charge in [-0.1, -0.05) is 0 Å². The van der Waals surface area contributed by atoms with Gasteiger partial charge in [0.15, 0.2) is 0 Å². The Morgan fingerprint density at radius 3 is 2.92 bits per heavy atom. The van der Waals surface area contributed by atoms with Crippen molar-refractivity contribution in [2.24, 2.45) is 0 Å². The van der Waals surface area contributed by atoms with Crippen LogP contribution in [0.2, 0.25) is 0 Å². The number of hydrogen-bond acceptors (Lipinski definition) is 3. The van der Waals surface area contributed by atoms with E-state index in [-0.39, 0.29) is 0 Å². The van der Waals surface area contributed by atoms with E-state index in [1.54, 1.807) is 18.4 Å². The summed E-state index contributed by atoms with van der Waals surface area (Å²) >= 11 is 4.79. The van der Waals surface area contributed by atoms with Crippen LogP contribution in [0.15, 0.2) is 22.8 Å². The van der Waals surface area contributed by atoms with Crippen molar-refractivity contribution in [3.05, 3.63) is 34.8 Å². The minimum Gasteiger partial charge on any atom is -0.465 e. The molecule has 0 unspecified atom stereocenters. The predicted octanol–water partition coefficient (Wildman–Crippen LogP) is 2.23. The van der Waals surface area contributed by atoms with Crippen molar-refractivity contribution in [3.63, 3.8) is 0 Å². The summed E-state index contributed by atoms with van der Waals surface area (Å²) in [6.45, 7) is 0. The number of aromatic nitrogens is 3. The summed E-state index contributed by atoms with van der Waals surface area (Å²) in [5.41, 5.74) is 0. The van der Waals surface area contributed by atoms with Gasteiger partial charge in [-0.05, 0) is 36.5 Å². The van der Waals surface area contributed by atoms with Crippen LogP contribution < -0.4 is 0 Å². The molecule has 2 heterocycles. The van der Waals surface area contributed by atoms with Crippen LogP contribution in [0.25, 0.3) is 12.2 Å². The number of hydrogen-bond donors (Lipinski definition) is 2. The van der Waals surface area contributed by atoms with Crippen LogP contribution in [-0.2, 0) is 0 Å². The Bertz CT molecular complexity index is 452. The summed E-state index contributed by atoms with van der Waals surface area (Å²) in [5, 5.41) is 5.49. The van der Waals surface area contributed by atoms with Crippen LogP contribution in [0.3, 0.4) is 0 Å². The molecule has 0 aromatic carbocycles. The van der Waals surface area contributed by atoms with Crippen molar-refractivity contribution in [2.75, 3.05) is 0 Å². The van der Waals surface area contributed by atoms with Gasteiger partial charge in [0.25, 0.3) is 0 Å². The Hall–Kier alpha value is -1.62. The first-order valence-corrected chi connectivity index (χ1v) is 4.12. The summed E-state index contributed by atoms with van der Waals surface area (Å²) in [6, 6.07) is 3.68.